The zero-order valence-electron chi connectivity index (χ0n) is 8.31. The molecule has 0 radical (unpaired) electrons. The average molecular weight is 178 g/mol. The van der Waals surface area contributed by atoms with E-state index >= 15 is 0 Å². The predicted octanol–water partition coefficient (Wildman–Crippen LogP) is 1.58. The van der Waals surface area contributed by atoms with Gasteiger partial charge < -0.3 is 0 Å². The van der Waals surface area contributed by atoms with Gasteiger partial charge in [-0.05, 0) is 12.8 Å². The maximum absolute atomic E-state index is 12.0. The average Bonchev–Trinajstić information content (AvgIpc) is 2.43. The molecule has 0 amide bonds. The minimum atomic E-state index is -0.373. The number of fused-ring (bicyclic) bond motifs is 1. The van der Waals surface area contributed by atoms with Gasteiger partial charge in [-0.1, -0.05) is 20.8 Å². The van der Waals surface area contributed by atoms with Gasteiger partial charge in [-0.25, -0.2) is 0 Å². The van der Waals surface area contributed by atoms with Crippen molar-refractivity contribution in [3.05, 3.63) is 0 Å². The highest BCUT2D eigenvalue weighted by molar-refractivity contribution is 6.15. The van der Waals surface area contributed by atoms with E-state index < -0.39 is 0 Å². The molecule has 0 aromatic heterocycles. The summed E-state index contributed by atoms with van der Waals surface area (Å²) in [6, 6.07) is 0. The second kappa shape index (κ2) is 1.51. The second-order valence-corrected chi connectivity index (χ2v) is 5.78. The number of ketones is 2. The van der Waals surface area contributed by atoms with Gasteiger partial charge in [0.05, 0.1) is 5.41 Å². The van der Waals surface area contributed by atoms with Gasteiger partial charge in [-0.15, -0.1) is 0 Å². The lowest BCUT2D eigenvalue weighted by Crippen LogP contribution is -2.36. The summed E-state index contributed by atoms with van der Waals surface area (Å²) in [5.41, 5.74) is -0.761. The molecule has 3 unspecified atom stereocenters. The fourth-order valence-electron chi connectivity index (χ4n) is 4.12. The zero-order chi connectivity index (χ0) is 9.65. The highest BCUT2D eigenvalue weighted by atomic mass is 16.2. The van der Waals surface area contributed by atoms with Crippen LogP contribution in [0.25, 0.3) is 0 Å². The summed E-state index contributed by atoms with van der Waals surface area (Å²) >= 11 is 0. The number of carbonyl (C=O) groups excluding carboxylic acids is 2. The first-order valence-corrected chi connectivity index (χ1v) is 4.95. The standard InChI is InChI=1S/C11H14O2/c1-9(2)8(13)10(3)4-6-7(12)11(6,9)5-10/h6H,4-5H2,1-3H3. The first-order chi connectivity index (χ1) is 5.86. The van der Waals surface area contributed by atoms with Gasteiger partial charge in [0.1, 0.15) is 11.6 Å². The van der Waals surface area contributed by atoms with Crippen LogP contribution in [0.3, 0.4) is 0 Å². The molecule has 70 valence electrons. The number of Topliss-reactive ketones (excluding diaryl/α,β-unsaturated/α-hetero) is 2. The molecule has 0 heterocycles. The minimum absolute atomic E-state index is 0.165. The van der Waals surface area contributed by atoms with Crippen molar-refractivity contribution in [2.75, 3.05) is 0 Å². The Kier molecular flexibility index (Phi) is 0.896. The van der Waals surface area contributed by atoms with Gasteiger partial charge in [0.25, 0.3) is 0 Å². The Balaban J connectivity index is 2.22. The van der Waals surface area contributed by atoms with Gasteiger partial charge >= 0.3 is 0 Å². The molecule has 2 bridgehead atoms. The van der Waals surface area contributed by atoms with E-state index in [1.807, 2.05) is 20.8 Å². The van der Waals surface area contributed by atoms with Gasteiger partial charge in [-0.2, -0.15) is 0 Å². The fraction of sp³-hybridized carbons (Fsp3) is 0.818. The predicted molar refractivity (Wildman–Crippen MR) is 47.1 cm³/mol. The molecule has 1 spiro atoms. The molecule has 0 saturated heterocycles. The lowest BCUT2D eigenvalue weighted by atomic mass is 9.71. The zero-order valence-corrected chi connectivity index (χ0v) is 8.31. The van der Waals surface area contributed by atoms with Crippen molar-refractivity contribution in [2.45, 2.75) is 33.6 Å². The largest absolute Gasteiger partial charge is 0.299 e. The molecule has 2 heteroatoms. The Labute approximate surface area is 77.7 Å². The van der Waals surface area contributed by atoms with Crippen LogP contribution in [0.15, 0.2) is 0 Å². The Morgan fingerprint density at radius 1 is 1.23 bits per heavy atom. The van der Waals surface area contributed by atoms with Crippen molar-refractivity contribution >= 4 is 11.6 Å². The van der Waals surface area contributed by atoms with Crippen LogP contribution < -0.4 is 0 Å². The molecule has 0 aromatic rings. The summed E-state index contributed by atoms with van der Waals surface area (Å²) in [7, 11) is 0. The van der Waals surface area contributed by atoms with E-state index in [0.29, 0.717) is 11.6 Å². The minimum Gasteiger partial charge on any atom is -0.299 e. The van der Waals surface area contributed by atoms with Gasteiger partial charge in [-0.3, -0.25) is 9.59 Å². The highest BCUT2D eigenvalue weighted by Crippen LogP contribution is 2.79. The van der Waals surface area contributed by atoms with Crippen LogP contribution in [0, 0.1) is 22.2 Å². The Morgan fingerprint density at radius 3 is 2.31 bits per heavy atom. The summed E-state index contributed by atoms with van der Waals surface area (Å²) in [5.74, 6) is 0.910. The number of hydrogen-bond donors (Lipinski definition) is 0. The van der Waals surface area contributed by atoms with E-state index in [1.54, 1.807) is 0 Å². The van der Waals surface area contributed by atoms with Crippen LogP contribution in [0.1, 0.15) is 33.6 Å². The van der Waals surface area contributed by atoms with Crippen LogP contribution in [0.5, 0.6) is 0 Å². The normalized spacial score (nSPS) is 55.5. The molecular formula is C11H14O2. The highest BCUT2D eigenvalue weighted by Gasteiger charge is 2.85. The third kappa shape index (κ3) is 0.481. The molecule has 0 N–H and O–H groups in total. The van der Waals surface area contributed by atoms with Crippen LogP contribution >= 0.6 is 0 Å². The molecule has 3 fully saturated rings. The van der Waals surface area contributed by atoms with Crippen molar-refractivity contribution in [3.8, 4) is 0 Å². The molecule has 3 saturated carbocycles. The van der Waals surface area contributed by atoms with Crippen molar-refractivity contribution in [1.29, 1.82) is 0 Å². The Morgan fingerprint density at radius 2 is 1.85 bits per heavy atom. The lowest BCUT2D eigenvalue weighted by molar-refractivity contribution is -0.135. The third-order valence-corrected chi connectivity index (χ3v) is 4.82. The van der Waals surface area contributed by atoms with E-state index in [4.69, 9.17) is 0 Å². The number of carbonyl (C=O) groups is 2. The molecule has 13 heavy (non-hydrogen) atoms. The molecule has 3 aliphatic rings. The second-order valence-electron chi connectivity index (χ2n) is 5.78. The summed E-state index contributed by atoms with van der Waals surface area (Å²) < 4.78 is 0. The van der Waals surface area contributed by atoms with Crippen LogP contribution in [-0.4, -0.2) is 11.6 Å². The fourth-order valence-corrected chi connectivity index (χ4v) is 4.12. The van der Waals surface area contributed by atoms with Crippen molar-refractivity contribution in [2.24, 2.45) is 22.2 Å². The van der Waals surface area contributed by atoms with E-state index in [0.717, 1.165) is 12.8 Å². The topological polar surface area (TPSA) is 34.1 Å². The van der Waals surface area contributed by atoms with Crippen LogP contribution in [-0.2, 0) is 9.59 Å². The summed E-state index contributed by atoms with van der Waals surface area (Å²) in [4.78, 5) is 23.7. The first kappa shape index (κ1) is 7.72. The van der Waals surface area contributed by atoms with Crippen LogP contribution in [0.2, 0.25) is 0 Å². The molecule has 0 aliphatic heterocycles. The van der Waals surface area contributed by atoms with E-state index in [1.165, 1.54) is 0 Å². The smallest absolute Gasteiger partial charge is 0.145 e. The lowest BCUT2D eigenvalue weighted by Gasteiger charge is -2.29. The summed E-state index contributed by atoms with van der Waals surface area (Å²) in [6.45, 7) is 5.94. The van der Waals surface area contributed by atoms with E-state index in [2.05, 4.69) is 0 Å². The van der Waals surface area contributed by atoms with Crippen molar-refractivity contribution in [3.63, 3.8) is 0 Å². The molecule has 3 rings (SSSR count). The molecule has 3 atom stereocenters. The third-order valence-electron chi connectivity index (χ3n) is 4.82. The van der Waals surface area contributed by atoms with Gasteiger partial charge in [0, 0.05) is 16.7 Å². The number of hydrogen-bond acceptors (Lipinski definition) is 2. The van der Waals surface area contributed by atoms with Crippen LogP contribution in [0.4, 0.5) is 0 Å². The molecular weight excluding hydrogens is 164 g/mol. The Bertz CT molecular complexity index is 355. The maximum atomic E-state index is 12.0. The first-order valence-electron chi connectivity index (χ1n) is 4.95. The number of rotatable bonds is 0. The SMILES string of the molecule is CC12CC3C(=O)C3(C1)C(C)(C)C2=O. The van der Waals surface area contributed by atoms with E-state index in [-0.39, 0.29) is 22.2 Å². The molecule has 3 aliphatic carbocycles. The summed E-state index contributed by atoms with van der Waals surface area (Å²) in [5, 5.41) is 0. The molecule has 2 nitrogen and oxygen atoms in total. The molecule has 0 aromatic carbocycles. The summed E-state index contributed by atoms with van der Waals surface area (Å²) in [6.07, 6.45) is 1.66. The monoisotopic (exact) mass is 178 g/mol. The Hall–Kier alpha value is -0.660. The maximum Gasteiger partial charge on any atom is 0.145 e. The van der Waals surface area contributed by atoms with Crippen molar-refractivity contribution < 1.29 is 9.59 Å². The van der Waals surface area contributed by atoms with E-state index in [9.17, 15) is 9.59 Å². The van der Waals surface area contributed by atoms with Gasteiger partial charge in [0.15, 0.2) is 0 Å². The van der Waals surface area contributed by atoms with Crippen molar-refractivity contribution in [1.82, 2.24) is 0 Å². The van der Waals surface area contributed by atoms with Gasteiger partial charge in [0.2, 0.25) is 0 Å². The quantitative estimate of drug-likeness (QED) is 0.564.